The fourth-order valence-corrected chi connectivity index (χ4v) is 4.03. The Morgan fingerprint density at radius 1 is 1.15 bits per heavy atom. The molecular weight excluding hydrogens is 376 g/mol. The van der Waals surface area contributed by atoms with Crippen molar-refractivity contribution in [3.05, 3.63) is 59.5 Å². The van der Waals surface area contributed by atoms with Crippen LogP contribution in [0.3, 0.4) is 0 Å². The molecule has 0 bridgehead atoms. The van der Waals surface area contributed by atoms with Gasteiger partial charge in [-0.3, -0.25) is 10.1 Å². The van der Waals surface area contributed by atoms with E-state index in [2.05, 4.69) is 24.1 Å². The summed E-state index contributed by atoms with van der Waals surface area (Å²) in [4.78, 5) is 18.1. The number of carbonyl (C=O) groups is 1. The molecule has 0 saturated carbocycles. The normalized spacial score (nSPS) is 10.8. The number of hydrogen-bond donors (Lipinski definition) is 1. The highest BCUT2D eigenvalue weighted by Crippen LogP contribution is 2.27. The number of hydrogen-bond acceptors (Lipinski definition) is 5. The molecule has 6 heteroatoms. The zero-order valence-corrected chi connectivity index (χ0v) is 17.2. The molecule has 0 aliphatic heterocycles. The highest BCUT2D eigenvalue weighted by molar-refractivity contribution is 7.99. The Morgan fingerprint density at radius 3 is 2.48 bits per heavy atom. The van der Waals surface area contributed by atoms with Crippen molar-refractivity contribution in [3.63, 3.8) is 0 Å². The van der Waals surface area contributed by atoms with Crippen molar-refractivity contribution in [1.29, 1.82) is 0 Å². The summed E-state index contributed by atoms with van der Waals surface area (Å²) in [6, 6.07) is 15.4. The van der Waals surface area contributed by atoms with Crippen molar-refractivity contribution in [2.24, 2.45) is 0 Å². The number of ether oxygens (including phenoxy) is 1. The van der Waals surface area contributed by atoms with Crippen LogP contribution in [0.15, 0.2) is 58.8 Å². The number of aromatic nitrogens is 1. The number of anilines is 1. The summed E-state index contributed by atoms with van der Waals surface area (Å²) in [6.07, 6.45) is 0. The zero-order chi connectivity index (χ0) is 19.2. The third kappa shape index (κ3) is 5.34. The van der Waals surface area contributed by atoms with Crippen LogP contribution >= 0.6 is 23.1 Å². The molecule has 140 valence electrons. The highest BCUT2D eigenvalue weighted by Gasteiger charge is 2.10. The van der Waals surface area contributed by atoms with Gasteiger partial charge in [0.25, 0.3) is 5.91 Å². The average molecular weight is 399 g/mol. The molecule has 0 aliphatic carbocycles. The van der Waals surface area contributed by atoms with Gasteiger partial charge in [0.1, 0.15) is 5.75 Å². The maximum atomic E-state index is 12.4. The maximum absolute atomic E-state index is 12.4. The Morgan fingerprint density at radius 2 is 1.85 bits per heavy atom. The maximum Gasteiger partial charge on any atom is 0.257 e. The SMILES string of the molecule is CCOc1ccc(-c2csc(NC(=O)c3ccc(SC(C)C)cc3)n2)cc1. The molecular formula is C21H22N2O2S2. The quantitative estimate of drug-likeness (QED) is 0.499. The van der Waals surface area contributed by atoms with Crippen LogP contribution < -0.4 is 10.1 Å². The first-order valence-electron chi connectivity index (χ1n) is 8.82. The lowest BCUT2D eigenvalue weighted by Gasteiger charge is -2.06. The molecule has 3 rings (SSSR count). The molecule has 4 nitrogen and oxygen atoms in total. The minimum absolute atomic E-state index is 0.149. The second kappa shape index (κ2) is 9.06. The fourth-order valence-electron chi connectivity index (χ4n) is 2.48. The number of thioether (sulfide) groups is 1. The van der Waals surface area contributed by atoms with E-state index in [0.717, 1.165) is 21.9 Å². The van der Waals surface area contributed by atoms with E-state index in [9.17, 15) is 4.79 Å². The van der Waals surface area contributed by atoms with Gasteiger partial charge < -0.3 is 4.74 Å². The number of nitrogens with one attached hydrogen (secondary N) is 1. The van der Waals surface area contributed by atoms with Gasteiger partial charge in [0, 0.05) is 26.7 Å². The number of rotatable bonds is 7. The summed E-state index contributed by atoms with van der Waals surface area (Å²) >= 11 is 3.19. The number of amides is 1. The van der Waals surface area contributed by atoms with Crippen molar-refractivity contribution in [3.8, 4) is 17.0 Å². The molecule has 0 spiro atoms. The van der Waals surface area contributed by atoms with Crippen LogP contribution in [0.25, 0.3) is 11.3 Å². The van der Waals surface area contributed by atoms with Gasteiger partial charge in [-0.25, -0.2) is 4.98 Å². The molecule has 1 aromatic heterocycles. The molecule has 27 heavy (non-hydrogen) atoms. The van der Waals surface area contributed by atoms with E-state index in [-0.39, 0.29) is 5.91 Å². The first-order chi connectivity index (χ1) is 13.0. The van der Waals surface area contributed by atoms with Gasteiger partial charge in [-0.05, 0) is 55.5 Å². The summed E-state index contributed by atoms with van der Waals surface area (Å²) in [5.41, 5.74) is 2.45. The van der Waals surface area contributed by atoms with E-state index < -0.39 is 0 Å². The van der Waals surface area contributed by atoms with Crippen molar-refractivity contribution < 1.29 is 9.53 Å². The smallest absolute Gasteiger partial charge is 0.257 e. The summed E-state index contributed by atoms with van der Waals surface area (Å²) in [7, 11) is 0. The summed E-state index contributed by atoms with van der Waals surface area (Å²) < 4.78 is 5.46. The molecule has 1 heterocycles. The third-order valence-electron chi connectivity index (χ3n) is 3.67. The molecule has 1 amide bonds. The van der Waals surface area contributed by atoms with Crippen LogP contribution in [-0.2, 0) is 0 Å². The van der Waals surface area contributed by atoms with Gasteiger partial charge in [0.15, 0.2) is 5.13 Å². The minimum atomic E-state index is -0.149. The molecule has 0 saturated heterocycles. The Kier molecular flexibility index (Phi) is 6.53. The monoisotopic (exact) mass is 398 g/mol. The van der Waals surface area contributed by atoms with Crippen molar-refractivity contribution in [2.75, 3.05) is 11.9 Å². The first-order valence-corrected chi connectivity index (χ1v) is 10.6. The number of carbonyl (C=O) groups excluding carboxylic acids is 1. The molecule has 2 aromatic carbocycles. The minimum Gasteiger partial charge on any atom is -0.494 e. The van der Waals surface area contributed by atoms with Crippen LogP contribution in [0, 0.1) is 0 Å². The van der Waals surface area contributed by atoms with Crippen molar-refractivity contribution in [2.45, 2.75) is 30.9 Å². The van der Waals surface area contributed by atoms with E-state index in [1.165, 1.54) is 11.3 Å². The molecule has 0 atom stereocenters. The van der Waals surface area contributed by atoms with Crippen LogP contribution in [-0.4, -0.2) is 22.7 Å². The number of nitrogens with zero attached hydrogens (tertiary/aromatic N) is 1. The van der Waals surface area contributed by atoms with E-state index >= 15 is 0 Å². The molecule has 0 aliphatic rings. The van der Waals surface area contributed by atoms with Crippen LogP contribution in [0.5, 0.6) is 5.75 Å². The highest BCUT2D eigenvalue weighted by atomic mass is 32.2. The number of thiazole rings is 1. The molecule has 1 N–H and O–H groups in total. The van der Waals surface area contributed by atoms with Crippen LogP contribution in [0.2, 0.25) is 0 Å². The molecule has 3 aromatic rings. The van der Waals surface area contributed by atoms with Gasteiger partial charge in [0.05, 0.1) is 12.3 Å². The van der Waals surface area contributed by atoms with Crippen LogP contribution in [0.1, 0.15) is 31.1 Å². The lowest BCUT2D eigenvalue weighted by Crippen LogP contribution is -2.11. The standard InChI is InChI=1S/C21H22N2O2S2/c1-4-25-17-9-5-15(6-10-17)19-13-26-21(22-19)23-20(24)16-7-11-18(12-8-16)27-14(2)3/h5-14H,4H2,1-3H3,(H,22,23,24). The van der Waals surface area contributed by atoms with Gasteiger partial charge in [-0.2, -0.15) is 0 Å². The Balaban J connectivity index is 1.65. The lowest BCUT2D eigenvalue weighted by molar-refractivity contribution is 0.102. The van der Waals surface area contributed by atoms with Crippen molar-refractivity contribution in [1.82, 2.24) is 4.98 Å². The second-order valence-electron chi connectivity index (χ2n) is 6.14. The van der Waals surface area contributed by atoms with Crippen LogP contribution in [0.4, 0.5) is 5.13 Å². The van der Waals surface area contributed by atoms with Gasteiger partial charge >= 0.3 is 0 Å². The first kappa shape index (κ1) is 19.5. The number of benzene rings is 2. The predicted molar refractivity (Wildman–Crippen MR) is 114 cm³/mol. The van der Waals surface area contributed by atoms with Gasteiger partial charge in [0.2, 0.25) is 0 Å². The van der Waals surface area contributed by atoms with Gasteiger partial charge in [-0.1, -0.05) is 13.8 Å². The summed E-state index contributed by atoms with van der Waals surface area (Å²) in [5.74, 6) is 0.688. The summed E-state index contributed by atoms with van der Waals surface area (Å²) in [5, 5.41) is 5.92. The predicted octanol–water partition coefficient (Wildman–Crippen LogP) is 5.96. The largest absolute Gasteiger partial charge is 0.494 e. The van der Waals surface area contributed by atoms with E-state index in [4.69, 9.17) is 4.74 Å². The van der Waals surface area contributed by atoms with E-state index in [0.29, 0.717) is 22.6 Å². The van der Waals surface area contributed by atoms with Gasteiger partial charge in [-0.15, -0.1) is 23.1 Å². The Labute approximate surface area is 168 Å². The topological polar surface area (TPSA) is 51.2 Å². The summed E-state index contributed by atoms with van der Waals surface area (Å²) in [6.45, 7) is 6.90. The average Bonchev–Trinajstić information content (AvgIpc) is 3.11. The third-order valence-corrected chi connectivity index (χ3v) is 5.45. The molecule has 0 fully saturated rings. The van der Waals surface area contributed by atoms with Crippen molar-refractivity contribution >= 4 is 34.1 Å². The Bertz CT molecular complexity index is 887. The Hall–Kier alpha value is -2.31. The van der Waals surface area contributed by atoms with E-state index in [1.54, 1.807) is 11.8 Å². The molecule has 0 radical (unpaired) electrons. The lowest BCUT2D eigenvalue weighted by atomic mass is 10.2. The fraction of sp³-hybridized carbons (Fsp3) is 0.238. The second-order valence-corrected chi connectivity index (χ2v) is 8.65. The zero-order valence-electron chi connectivity index (χ0n) is 15.6. The molecule has 0 unspecified atom stereocenters. The van der Waals surface area contributed by atoms with E-state index in [1.807, 2.05) is 60.8 Å².